The summed E-state index contributed by atoms with van der Waals surface area (Å²) in [7, 11) is 2.15. The fourth-order valence-electron chi connectivity index (χ4n) is 2.86. The van der Waals surface area contributed by atoms with Crippen LogP contribution in [0.25, 0.3) is 0 Å². The highest BCUT2D eigenvalue weighted by Gasteiger charge is 2.17. The molecule has 0 aliphatic carbocycles. The number of hydrogen-bond acceptors (Lipinski definition) is 3. The molecule has 1 amide bonds. The Hall–Kier alpha value is -2.33. The third-order valence-corrected chi connectivity index (χ3v) is 4.38. The van der Waals surface area contributed by atoms with Gasteiger partial charge >= 0.3 is 0 Å². The van der Waals surface area contributed by atoms with Gasteiger partial charge in [0.05, 0.1) is 0 Å². The van der Waals surface area contributed by atoms with Gasteiger partial charge in [-0.2, -0.15) is 0 Å². The Labute approximate surface area is 143 Å². The topological polar surface area (TPSA) is 41.6 Å². The molecule has 0 unspecified atom stereocenters. The SMILES string of the molecule is CN1CCC(Oc2ccc(CNC(=O)c3ccccc3)cc2)CC1. The van der Waals surface area contributed by atoms with Crippen LogP contribution in [0.1, 0.15) is 28.8 Å². The van der Waals surface area contributed by atoms with Crippen molar-refractivity contribution >= 4 is 5.91 Å². The van der Waals surface area contributed by atoms with Crippen LogP contribution in [0, 0.1) is 0 Å². The first kappa shape index (κ1) is 16.5. The highest BCUT2D eigenvalue weighted by atomic mass is 16.5. The van der Waals surface area contributed by atoms with Gasteiger partial charge in [0.25, 0.3) is 5.91 Å². The van der Waals surface area contributed by atoms with Gasteiger partial charge in [0.1, 0.15) is 11.9 Å². The van der Waals surface area contributed by atoms with Crippen molar-refractivity contribution in [2.45, 2.75) is 25.5 Å². The first-order chi connectivity index (χ1) is 11.7. The van der Waals surface area contributed by atoms with Crippen molar-refractivity contribution in [1.82, 2.24) is 10.2 Å². The van der Waals surface area contributed by atoms with Crippen molar-refractivity contribution in [2.24, 2.45) is 0 Å². The number of carbonyl (C=O) groups is 1. The smallest absolute Gasteiger partial charge is 0.251 e. The molecule has 126 valence electrons. The number of nitrogens with one attached hydrogen (secondary N) is 1. The lowest BCUT2D eigenvalue weighted by molar-refractivity contribution is 0.0951. The lowest BCUT2D eigenvalue weighted by Crippen LogP contribution is -2.35. The summed E-state index contributed by atoms with van der Waals surface area (Å²) < 4.78 is 6.04. The highest BCUT2D eigenvalue weighted by Crippen LogP contribution is 2.19. The molecule has 4 nitrogen and oxygen atoms in total. The van der Waals surface area contributed by atoms with E-state index in [0.29, 0.717) is 18.2 Å². The van der Waals surface area contributed by atoms with E-state index < -0.39 is 0 Å². The molecule has 4 heteroatoms. The van der Waals surface area contributed by atoms with Crippen LogP contribution in [-0.2, 0) is 6.54 Å². The summed E-state index contributed by atoms with van der Waals surface area (Å²) in [4.78, 5) is 14.4. The summed E-state index contributed by atoms with van der Waals surface area (Å²) >= 11 is 0. The molecule has 0 radical (unpaired) electrons. The molecule has 2 aromatic carbocycles. The molecule has 1 heterocycles. The molecule has 0 bridgehead atoms. The zero-order chi connectivity index (χ0) is 16.8. The quantitative estimate of drug-likeness (QED) is 0.919. The number of amides is 1. The lowest BCUT2D eigenvalue weighted by Gasteiger charge is -2.29. The average Bonchev–Trinajstić information content (AvgIpc) is 2.63. The van der Waals surface area contributed by atoms with Crippen molar-refractivity contribution < 1.29 is 9.53 Å². The van der Waals surface area contributed by atoms with Gasteiger partial charge < -0.3 is 15.0 Å². The van der Waals surface area contributed by atoms with Crippen molar-refractivity contribution in [3.63, 3.8) is 0 Å². The number of hydrogen-bond donors (Lipinski definition) is 1. The Kier molecular flexibility index (Phi) is 5.49. The molecule has 0 spiro atoms. The van der Waals surface area contributed by atoms with E-state index in [9.17, 15) is 4.79 Å². The molecule has 0 atom stereocenters. The van der Waals surface area contributed by atoms with E-state index in [4.69, 9.17) is 4.74 Å². The van der Waals surface area contributed by atoms with Crippen LogP contribution >= 0.6 is 0 Å². The van der Waals surface area contributed by atoms with Gasteiger partial charge in [0.15, 0.2) is 0 Å². The number of ether oxygens (including phenoxy) is 1. The number of nitrogens with zero attached hydrogens (tertiary/aromatic N) is 1. The van der Waals surface area contributed by atoms with Crippen molar-refractivity contribution in [2.75, 3.05) is 20.1 Å². The number of piperidine rings is 1. The Morgan fingerprint density at radius 3 is 2.42 bits per heavy atom. The third-order valence-electron chi connectivity index (χ3n) is 4.38. The number of rotatable bonds is 5. The summed E-state index contributed by atoms with van der Waals surface area (Å²) in [6.45, 7) is 2.70. The van der Waals surface area contributed by atoms with Crippen LogP contribution in [0.15, 0.2) is 54.6 Å². The van der Waals surface area contributed by atoms with E-state index in [1.54, 1.807) is 0 Å². The first-order valence-electron chi connectivity index (χ1n) is 8.48. The predicted octanol–water partition coefficient (Wildman–Crippen LogP) is 3.09. The van der Waals surface area contributed by atoms with Gasteiger partial charge in [-0.25, -0.2) is 0 Å². The summed E-state index contributed by atoms with van der Waals surface area (Å²) in [5, 5.41) is 2.94. The maximum atomic E-state index is 12.0. The van der Waals surface area contributed by atoms with Crippen LogP contribution in [0.5, 0.6) is 5.75 Å². The van der Waals surface area contributed by atoms with Gasteiger partial charge in [-0.3, -0.25) is 4.79 Å². The maximum Gasteiger partial charge on any atom is 0.251 e. The van der Waals surface area contributed by atoms with Crippen molar-refractivity contribution in [1.29, 1.82) is 0 Å². The summed E-state index contributed by atoms with van der Waals surface area (Å²) in [5.74, 6) is 0.852. The Morgan fingerprint density at radius 2 is 1.75 bits per heavy atom. The lowest BCUT2D eigenvalue weighted by atomic mass is 10.1. The Bertz CT molecular complexity index is 647. The molecule has 2 aromatic rings. The maximum absolute atomic E-state index is 12.0. The normalized spacial score (nSPS) is 15.9. The van der Waals surface area contributed by atoms with E-state index in [1.807, 2.05) is 54.6 Å². The molecule has 1 aliphatic rings. The van der Waals surface area contributed by atoms with Gasteiger partial charge in [0, 0.05) is 25.2 Å². The van der Waals surface area contributed by atoms with Crippen LogP contribution in [0.2, 0.25) is 0 Å². The van der Waals surface area contributed by atoms with Gasteiger partial charge in [0.2, 0.25) is 0 Å². The molecular formula is C20H24N2O2. The molecule has 0 aromatic heterocycles. The van der Waals surface area contributed by atoms with E-state index in [0.717, 1.165) is 37.2 Å². The number of carbonyl (C=O) groups excluding carboxylic acids is 1. The summed E-state index contributed by atoms with van der Waals surface area (Å²) in [6, 6.07) is 17.3. The van der Waals surface area contributed by atoms with E-state index in [1.165, 1.54) is 0 Å². The van der Waals surface area contributed by atoms with Crippen molar-refractivity contribution in [3.8, 4) is 5.75 Å². The molecule has 24 heavy (non-hydrogen) atoms. The van der Waals surface area contributed by atoms with Gasteiger partial charge in [-0.05, 0) is 49.7 Å². The average molecular weight is 324 g/mol. The van der Waals surface area contributed by atoms with Crippen LogP contribution in [0.3, 0.4) is 0 Å². The number of benzene rings is 2. The summed E-state index contributed by atoms with van der Waals surface area (Å²) in [5.41, 5.74) is 1.75. The fourth-order valence-corrected chi connectivity index (χ4v) is 2.86. The van der Waals surface area contributed by atoms with E-state index >= 15 is 0 Å². The third kappa shape index (κ3) is 4.59. The minimum atomic E-state index is -0.0535. The second-order valence-corrected chi connectivity index (χ2v) is 6.31. The van der Waals surface area contributed by atoms with E-state index in [-0.39, 0.29) is 5.91 Å². The molecule has 1 fully saturated rings. The fraction of sp³-hybridized carbons (Fsp3) is 0.350. The second kappa shape index (κ2) is 7.97. The Balaban J connectivity index is 1.48. The predicted molar refractivity (Wildman–Crippen MR) is 95.2 cm³/mol. The zero-order valence-electron chi connectivity index (χ0n) is 14.1. The largest absolute Gasteiger partial charge is 0.490 e. The molecule has 1 N–H and O–H groups in total. The second-order valence-electron chi connectivity index (χ2n) is 6.31. The van der Waals surface area contributed by atoms with Gasteiger partial charge in [-0.15, -0.1) is 0 Å². The van der Waals surface area contributed by atoms with Crippen LogP contribution in [0.4, 0.5) is 0 Å². The monoisotopic (exact) mass is 324 g/mol. The molecule has 1 aliphatic heterocycles. The highest BCUT2D eigenvalue weighted by molar-refractivity contribution is 5.94. The molecular weight excluding hydrogens is 300 g/mol. The first-order valence-corrected chi connectivity index (χ1v) is 8.48. The van der Waals surface area contributed by atoms with E-state index in [2.05, 4.69) is 17.3 Å². The van der Waals surface area contributed by atoms with Crippen LogP contribution < -0.4 is 10.1 Å². The zero-order valence-corrected chi connectivity index (χ0v) is 14.1. The minimum absolute atomic E-state index is 0.0535. The molecule has 3 rings (SSSR count). The molecule has 1 saturated heterocycles. The Morgan fingerprint density at radius 1 is 1.08 bits per heavy atom. The summed E-state index contributed by atoms with van der Waals surface area (Å²) in [6.07, 6.45) is 2.46. The molecule has 0 saturated carbocycles. The van der Waals surface area contributed by atoms with Gasteiger partial charge in [-0.1, -0.05) is 30.3 Å². The standard InChI is InChI=1S/C20H24N2O2/c1-22-13-11-19(12-14-22)24-18-9-7-16(8-10-18)15-21-20(23)17-5-3-2-4-6-17/h2-10,19H,11-15H2,1H3,(H,21,23). The minimum Gasteiger partial charge on any atom is -0.490 e. The van der Waals surface area contributed by atoms with Crippen molar-refractivity contribution in [3.05, 3.63) is 65.7 Å². The van der Waals surface area contributed by atoms with Crippen LogP contribution in [-0.4, -0.2) is 37.0 Å². The number of likely N-dealkylation sites (tertiary alicyclic amines) is 1.